The fourth-order valence-corrected chi connectivity index (χ4v) is 3.41. The van der Waals surface area contributed by atoms with E-state index in [1.165, 1.54) is 10.5 Å². The normalized spacial score (nSPS) is 15.2. The Bertz CT molecular complexity index is 879. The average Bonchev–Trinajstić information content (AvgIpc) is 2.71. The number of likely N-dealkylation sites (tertiary alicyclic amines) is 1. The molecule has 6 nitrogen and oxygen atoms in total. The number of nitro groups is 1. The minimum atomic E-state index is -4.55. The number of amides is 1. The lowest BCUT2D eigenvalue weighted by atomic mass is 9.89. The second kappa shape index (κ2) is 8.50. The predicted octanol–water partition coefficient (Wildman–Crippen LogP) is 4.56. The number of piperidine rings is 1. The Morgan fingerprint density at radius 2 is 1.79 bits per heavy atom. The lowest BCUT2D eigenvalue weighted by molar-refractivity contribution is -0.385. The molecule has 1 fully saturated rings. The van der Waals surface area contributed by atoms with Gasteiger partial charge in [0, 0.05) is 19.2 Å². The van der Waals surface area contributed by atoms with Crippen molar-refractivity contribution in [2.45, 2.75) is 24.9 Å². The van der Waals surface area contributed by atoms with E-state index in [9.17, 15) is 28.1 Å². The summed E-state index contributed by atoms with van der Waals surface area (Å²) >= 11 is 0. The van der Waals surface area contributed by atoms with Crippen LogP contribution in [0.1, 0.15) is 34.7 Å². The molecule has 1 aliphatic heterocycles. The molecule has 1 heterocycles. The molecule has 0 aliphatic carbocycles. The summed E-state index contributed by atoms with van der Waals surface area (Å²) in [7, 11) is 0. The first-order valence-electron chi connectivity index (χ1n) is 9.07. The number of ether oxygens (including phenoxy) is 1. The maximum absolute atomic E-state index is 12.9. The molecule has 1 aliphatic rings. The zero-order chi connectivity index (χ0) is 21.0. The average molecular weight is 408 g/mol. The number of hydrogen-bond donors (Lipinski definition) is 0. The second-order valence-corrected chi connectivity index (χ2v) is 6.82. The van der Waals surface area contributed by atoms with Crippen LogP contribution in [-0.4, -0.2) is 41.6 Å². The molecule has 154 valence electrons. The molecule has 0 radical (unpaired) electrons. The van der Waals surface area contributed by atoms with E-state index < -0.39 is 29.3 Å². The topological polar surface area (TPSA) is 72.7 Å². The monoisotopic (exact) mass is 408 g/mol. The number of rotatable bonds is 5. The van der Waals surface area contributed by atoms with Crippen molar-refractivity contribution in [1.29, 1.82) is 0 Å². The highest BCUT2D eigenvalue weighted by atomic mass is 19.4. The largest absolute Gasteiger partial charge is 0.484 e. The third-order valence-electron chi connectivity index (χ3n) is 4.85. The highest BCUT2D eigenvalue weighted by Crippen LogP contribution is 2.31. The number of benzene rings is 2. The molecule has 2 aromatic carbocycles. The molecule has 0 unspecified atom stereocenters. The molecule has 0 bridgehead atoms. The van der Waals surface area contributed by atoms with Crippen molar-refractivity contribution in [1.82, 2.24) is 4.90 Å². The lowest BCUT2D eigenvalue weighted by Gasteiger charge is -2.32. The van der Waals surface area contributed by atoms with Gasteiger partial charge in [-0.3, -0.25) is 14.9 Å². The molecule has 0 aromatic heterocycles. The Hall–Kier alpha value is -3.10. The van der Waals surface area contributed by atoms with E-state index in [1.54, 1.807) is 0 Å². The highest BCUT2D eigenvalue weighted by Gasteiger charge is 2.31. The van der Waals surface area contributed by atoms with Gasteiger partial charge in [-0.05, 0) is 36.5 Å². The van der Waals surface area contributed by atoms with Crippen LogP contribution >= 0.6 is 0 Å². The van der Waals surface area contributed by atoms with Crippen molar-refractivity contribution in [2.75, 3.05) is 19.7 Å². The van der Waals surface area contributed by atoms with Crippen molar-refractivity contribution in [3.05, 3.63) is 69.8 Å². The Morgan fingerprint density at radius 3 is 2.38 bits per heavy atom. The van der Waals surface area contributed by atoms with Gasteiger partial charge in [0.1, 0.15) is 11.3 Å². The molecular formula is C20H19F3N2O4. The van der Waals surface area contributed by atoms with Gasteiger partial charge in [0.15, 0.2) is 6.61 Å². The van der Waals surface area contributed by atoms with Crippen LogP contribution in [0.2, 0.25) is 0 Å². The van der Waals surface area contributed by atoms with Gasteiger partial charge < -0.3 is 9.64 Å². The van der Waals surface area contributed by atoms with Gasteiger partial charge in [-0.2, -0.15) is 13.2 Å². The van der Waals surface area contributed by atoms with Crippen molar-refractivity contribution < 1.29 is 27.6 Å². The first kappa shape index (κ1) is 20.6. The number of alkyl halides is 3. The number of nitrogens with zero attached hydrogens (tertiary/aromatic N) is 2. The Kier molecular flexibility index (Phi) is 6.05. The SMILES string of the molecule is O=C(c1cc(OCC(F)(F)F)ccc1[N+](=O)[O-])N1CCC(c2ccccc2)CC1. The Balaban J connectivity index is 1.74. The summed E-state index contributed by atoms with van der Waals surface area (Å²) in [5.41, 5.74) is 0.445. The van der Waals surface area contributed by atoms with Gasteiger partial charge in [0.2, 0.25) is 0 Å². The maximum Gasteiger partial charge on any atom is 0.422 e. The van der Waals surface area contributed by atoms with Crippen LogP contribution in [0.15, 0.2) is 48.5 Å². The van der Waals surface area contributed by atoms with Crippen molar-refractivity contribution in [3.8, 4) is 5.75 Å². The molecule has 2 aromatic rings. The van der Waals surface area contributed by atoms with Crippen LogP contribution in [0, 0.1) is 10.1 Å². The summed E-state index contributed by atoms with van der Waals surface area (Å²) in [6.45, 7) is -0.729. The number of halogens is 3. The molecule has 1 amide bonds. The third-order valence-corrected chi connectivity index (χ3v) is 4.85. The molecule has 1 saturated heterocycles. The quantitative estimate of drug-likeness (QED) is 0.537. The second-order valence-electron chi connectivity index (χ2n) is 6.82. The van der Waals surface area contributed by atoms with Crippen LogP contribution in [0.5, 0.6) is 5.75 Å². The fraction of sp³-hybridized carbons (Fsp3) is 0.350. The van der Waals surface area contributed by atoms with Crippen molar-refractivity contribution >= 4 is 11.6 Å². The van der Waals surface area contributed by atoms with Crippen LogP contribution in [0.4, 0.5) is 18.9 Å². The molecule has 3 rings (SSSR count). The number of hydrogen-bond acceptors (Lipinski definition) is 4. The zero-order valence-electron chi connectivity index (χ0n) is 15.4. The lowest BCUT2D eigenvalue weighted by Crippen LogP contribution is -2.38. The fourth-order valence-electron chi connectivity index (χ4n) is 3.41. The molecule has 0 atom stereocenters. The third kappa shape index (κ3) is 5.24. The summed E-state index contributed by atoms with van der Waals surface area (Å²) in [5.74, 6) is -0.534. The van der Waals surface area contributed by atoms with Crippen LogP contribution in [0.3, 0.4) is 0 Å². The van der Waals surface area contributed by atoms with Gasteiger partial charge in [0.05, 0.1) is 4.92 Å². The van der Waals surface area contributed by atoms with Crippen LogP contribution in [-0.2, 0) is 0 Å². The summed E-state index contributed by atoms with van der Waals surface area (Å²) in [6, 6.07) is 12.9. The van der Waals surface area contributed by atoms with E-state index in [1.807, 2.05) is 30.3 Å². The number of carbonyl (C=O) groups excluding carboxylic acids is 1. The van der Waals surface area contributed by atoms with E-state index in [0.29, 0.717) is 25.9 Å². The van der Waals surface area contributed by atoms with E-state index in [4.69, 9.17) is 0 Å². The van der Waals surface area contributed by atoms with E-state index in [-0.39, 0.29) is 17.2 Å². The minimum Gasteiger partial charge on any atom is -0.484 e. The summed E-state index contributed by atoms with van der Waals surface area (Å²) in [5, 5.41) is 11.3. The zero-order valence-corrected chi connectivity index (χ0v) is 15.4. The highest BCUT2D eigenvalue weighted by molar-refractivity contribution is 5.98. The first-order chi connectivity index (χ1) is 13.7. The molecule has 0 saturated carbocycles. The van der Waals surface area contributed by atoms with E-state index in [2.05, 4.69) is 4.74 Å². The van der Waals surface area contributed by atoms with E-state index >= 15 is 0 Å². The van der Waals surface area contributed by atoms with E-state index in [0.717, 1.165) is 18.2 Å². The molecule has 0 N–H and O–H groups in total. The van der Waals surface area contributed by atoms with Gasteiger partial charge >= 0.3 is 6.18 Å². The smallest absolute Gasteiger partial charge is 0.422 e. The summed E-state index contributed by atoms with van der Waals surface area (Å²) < 4.78 is 41.7. The van der Waals surface area contributed by atoms with Gasteiger partial charge in [0.25, 0.3) is 11.6 Å². The Labute approximate surface area is 165 Å². The maximum atomic E-state index is 12.9. The predicted molar refractivity (Wildman–Crippen MR) is 99.0 cm³/mol. The van der Waals surface area contributed by atoms with Gasteiger partial charge in [-0.25, -0.2) is 0 Å². The summed E-state index contributed by atoms with van der Waals surface area (Å²) in [4.78, 5) is 24.9. The molecule has 9 heteroatoms. The Morgan fingerprint density at radius 1 is 1.14 bits per heavy atom. The van der Waals surface area contributed by atoms with Crippen LogP contribution < -0.4 is 4.74 Å². The van der Waals surface area contributed by atoms with Gasteiger partial charge in [-0.15, -0.1) is 0 Å². The summed E-state index contributed by atoms with van der Waals surface area (Å²) in [6.07, 6.45) is -3.15. The first-order valence-corrected chi connectivity index (χ1v) is 9.07. The van der Waals surface area contributed by atoms with Crippen LogP contribution in [0.25, 0.3) is 0 Å². The minimum absolute atomic E-state index is 0.240. The van der Waals surface area contributed by atoms with Crippen molar-refractivity contribution in [2.24, 2.45) is 0 Å². The van der Waals surface area contributed by atoms with Crippen molar-refractivity contribution in [3.63, 3.8) is 0 Å². The number of carbonyl (C=O) groups is 1. The molecular weight excluding hydrogens is 389 g/mol. The number of nitro benzene ring substituents is 1. The van der Waals surface area contributed by atoms with Gasteiger partial charge in [-0.1, -0.05) is 30.3 Å². The molecule has 0 spiro atoms. The molecule has 29 heavy (non-hydrogen) atoms. The standard InChI is InChI=1S/C20H19F3N2O4/c21-20(22,23)13-29-16-6-7-18(25(27)28)17(12-16)19(26)24-10-8-15(9-11-24)14-4-2-1-3-5-14/h1-7,12,15H,8-11,13H2.